The summed E-state index contributed by atoms with van der Waals surface area (Å²) >= 11 is 0. The van der Waals surface area contributed by atoms with E-state index in [9.17, 15) is 5.11 Å². The van der Waals surface area contributed by atoms with Gasteiger partial charge in [0.05, 0.1) is 6.10 Å². The Kier molecular flexibility index (Phi) is 3.82. The molecule has 3 heteroatoms. The van der Waals surface area contributed by atoms with Crippen LogP contribution in [0.15, 0.2) is 30.3 Å². The van der Waals surface area contributed by atoms with Crippen LogP contribution in [-0.4, -0.2) is 41.9 Å². The Hall–Kier alpha value is -0.900. The SMILES string of the molecule is CO[C@]1(C)CN(Cc2ccccc2)CC[C@H]1O. The molecular weight excluding hydrogens is 214 g/mol. The zero-order valence-corrected chi connectivity index (χ0v) is 10.6. The highest BCUT2D eigenvalue weighted by Crippen LogP contribution is 2.25. The Morgan fingerprint density at radius 3 is 2.76 bits per heavy atom. The van der Waals surface area contributed by atoms with Gasteiger partial charge in [-0.2, -0.15) is 0 Å². The lowest BCUT2D eigenvalue weighted by atomic mass is 9.91. The molecule has 1 aromatic carbocycles. The summed E-state index contributed by atoms with van der Waals surface area (Å²) < 4.78 is 5.47. The molecule has 1 heterocycles. The Bertz CT molecular complexity index is 354. The minimum Gasteiger partial charge on any atom is -0.390 e. The molecule has 94 valence electrons. The molecule has 1 saturated heterocycles. The molecule has 0 radical (unpaired) electrons. The Labute approximate surface area is 103 Å². The van der Waals surface area contributed by atoms with E-state index in [1.165, 1.54) is 5.56 Å². The van der Waals surface area contributed by atoms with E-state index in [-0.39, 0.29) is 6.10 Å². The molecule has 0 aliphatic carbocycles. The number of methoxy groups -OCH3 is 1. The maximum atomic E-state index is 9.96. The molecule has 1 fully saturated rings. The number of benzene rings is 1. The summed E-state index contributed by atoms with van der Waals surface area (Å²) in [7, 11) is 1.68. The van der Waals surface area contributed by atoms with E-state index in [0.29, 0.717) is 0 Å². The van der Waals surface area contributed by atoms with Gasteiger partial charge in [0.1, 0.15) is 5.60 Å². The third kappa shape index (κ3) is 2.86. The van der Waals surface area contributed by atoms with Crippen molar-refractivity contribution < 1.29 is 9.84 Å². The van der Waals surface area contributed by atoms with Gasteiger partial charge >= 0.3 is 0 Å². The van der Waals surface area contributed by atoms with Gasteiger partial charge in [-0.15, -0.1) is 0 Å². The van der Waals surface area contributed by atoms with Gasteiger partial charge in [0, 0.05) is 26.7 Å². The average molecular weight is 235 g/mol. The summed E-state index contributed by atoms with van der Waals surface area (Å²) in [6.07, 6.45) is 0.413. The first-order valence-electron chi connectivity index (χ1n) is 6.13. The van der Waals surface area contributed by atoms with E-state index < -0.39 is 5.60 Å². The highest BCUT2D eigenvalue weighted by atomic mass is 16.5. The van der Waals surface area contributed by atoms with E-state index in [0.717, 1.165) is 26.1 Å². The smallest absolute Gasteiger partial charge is 0.103 e. The standard InChI is InChI=1S/C14H21NO2/c1-14(17-2)11-15(9-8-13(14)16)10-12-6-4-3-5-7-12/h3-7,13,16H,8-11H2,1-2H3/t13-,14-/m1/s1. The van der Waals surface area contributed by atoms with Crippen LogP contribution in [0, 0.1) is 0 Å². The van der Waals surface area contributed by atoms with E-state index >= 15 is 0 Å². The molecule has 0 spiro atoms. The lowest BCUT2D eigenvalue weighted by Crippen LogP contribution is -2.55. The van der Waals surface area contributed by atoms with Gasteiger partial charge in [-0.25, -0.2) is 0 Å². The molecule has 3 nitrogen and oxygen atoms in total. The molecule has 1 aliphatic heterocycles. The van der Waals surface area contributed by atoms with Crippen LogP contribution < -0.4 is 0 Å². The predicted octanol–water partition coefficient (Wildman–Crippen LogP) is 1.66. The molecule has 1 N–H and O–H groups in total. The Morgan fingerprint density at radius 1 is 1.41 bits per heavy atom. The summed E-state index contributed by atoms with van der Waals surface area (Å²) in [4.78, 5) is 2.34. The molecule has 0 saturated carbocycles. The number of ether oxygens (including phenoxy) is 1. The van der Waals surface area contributed by atoms with Gasteiger partial charge in [0.15, 0.2) is 0 Å². The molecule has 0 bridgehead atoms. The fourth-order valence-corrected chi connectivity index (χ4v) is 2.42. The number of aliphatic hydroxyl groups excluding tert-OH is 1. The fourth-order valence-electron chi connectivity index (χ4n) is 2.42. The topological polar surface area (TPSA) is 32.7 Å². The summed E-state index contributed by atoms with van der Waals surface area (Å²) in [5, 5.41) is 9.96. The average Bonchev–Trinajstić information content (AvgIpc) is 2.35. The molecule has 2 rings (SSSR count). The van der Waals surface area contributed by atoms with Crippen molar-refractivity contribution >= 4 is 0 Å². The zero-order valence-electron chi connectivity index (χ0n) is 10.6. The molecule has 0 unspecified atom stereocenters. The van der Waals surface area contributed by atoms with Crippen molar-refractivity contribution in [3.05, 3.63) is 35.9 Å². The first-order chi connectivity index (χ1) is 8.14. The Balaban J connectivity index is 2.00. The lowest BCUT2D eigenvalue weighted by molar-refractivity contribution is -0.132. The van der Waals surface area contributed by atoms with Gasteiger partial charge in [0.2, 0.25) is 0 Å². The first-order valence-corrected chi connectivity index (χ1v) is 6.13. The molecule has 17 heavy (non-hydrogen) atoms. The number of aliphatic hydroxyl groups is 1. The normalized spacial score (nSPS) is 30.4. The van der Waals surface area contributed by atoms with E-state index in [4.69, 9.17) is 4.74 Å². The summed E-state index contributed by atoms with van der Waals surface area (Å²) in [6.45, 7) is 4.61. The van der Waals surface area contributed by atoms with Crippen molar-refractivity contribution in [2.45, 2.75) is 31.6 Å². The van der Waals surface area contributed by atoms with Crippen LogP contribution in [-0.2, 0) is 11.3 Å². The predicted molar refractivity (Wildman–Crippen MR) is 67.8 cm³/mol. The van der Waals surface area contributed by atoms with Crippen LogP contribution >= 0.6 is 0 Å². The molecule has 1 aliphatic rings. The van der Waals surface area contributed by atoms with Gasteiger partial charge in [-0.05, 0) is 18.9 Å². The van der Waals surface area contributed by atoms with Gasteiger partial charge in [-0.1, -0.05) is 30.3 Å². The van der Waals surface area contributed by atoms with Crippen LogP contribution in [0.5, 0.6) is 0 Å². The van der Waals surface area contributed by atoms with E-state index in [1.54, 1.807) is 7.11 Å². The first kappa shape index (κ1) is 12.6. The van der Waals surface area contributed by atoms with Crippen molar-refractivity contribution in [2.24, 2.45) is 0 Å². The summed E-state index contributed by atoms with van der Waals surface area (Å²) in [6, 6.07) is 10.4. The van der Waals surface area contributed by atoms with Gasteiger partial charge in [-0.3, -0.25) is 4.90 Å². The summed E-state index contributed by atoms with van der Waals surface area (Å²) in [5.74, 6) is 0. The number of piperidine rings is 1. The fraction of sp³-hybridized carbons (Fsp3) is 0.571. The van der Waals surface area contributed by atoms with Crippen LogP contribution in [0.1, 0.15) is 18.9 Å². The van der Waals surface area contributed by atoms with Gasteiger partial charge < -0.3 is 9.84 Å². The van der Waals surface area contributed by atoms with Crippen LogP contribution in [0.2, 0.25) is 0 Å². The second-order valence-corrected chi connectivity index (χ2v) is 5.02. The number of nitrogens with zero attached hydrogens (tertiary/aromatic N) is 1. The lowest BCUT2D eigenvalue weighted by Gasteiger charge is -2.43. The van der Waals surface area contributed by atoms with Crippen LogP contribution in [0.3, 0.4) is 0 Å². The monoisotopic (exact) mass is 235 g/mol. The van der Waals surface area contributed by atoms with Crippen LogP contribution in [0.4, 0.5) is 0 Å². The number of hydrogen-bond donors (Lipinski definition) is 1. The van der Waals surface area contributed by atoms with Crippen molar-refractivity contribution in [1.29, 1.82) is 0 Å². The third-order valence-electron chi connectivity index (χ3n) is 3.68. The van der Waals surface area contributed by atoms with Crippen LogP contribution in [0.25, 0.3) is 0 Å². The molecular formula is C14H21NO2. The maximum absolute atomic E-state index is 9.96. The van der Waals surface area contributed by atoms with Crippen molar-refractivity contribution in [3.8, 4) is 0 Å². The largest absolute Gasteiger partial charge is 0.390 e. The molecule has 1 aromatic rings. The number of rotatable bonds is 3. The van der Waals surface area contributed by atoms with Gasteiger partial charge in [0.25, 0.3) is 0 Å². The number of likely N-dealkylation sites (tertiary alicyclic amines) is 1. The van der Waals surface area contributed by atoms with E-state index in [2.05, 4.69) is 29.2 Å². The second kappa shape index (κ2) is 5.17. The minimum atomic E-state index is -0.437. The van der Waals surface area contributed by atoms with Crippen molar-refractivity contribution in [2.75, 3.05) is 20.2 Å². The van der Waals surface area contributed by atoms with Crippen molar-refractivity contribution in [1.82, 2.24) is 4.90 Å². The number of hydrogen-bond acceptors (Lipinski definition) is 3. The zero-order chi connectivity index (χ0) is 12.3. The summed E-state index contributed by atoms with van der Waals surface area (Å²) in [5.41, 5.74) is 0.870. The highest BCUT2D eigenvalue weighted by Gasteiger charge is 2.38. The quantitative estimate of drug-likeness (QED) is 0.865. The molecule has 2 atom stereocenters. The minimum absolute atomic E-state index is 0.362. The highest BCUT2D eigenvalue weighted by molar-refractivity contribution is 5.14. The maximum Gasteiger partial charge on any atom is 0.103 e. The Morgan fingerprint density at radius 2 is 2.12 bits per heavy atom. The van der Waals surface area contributed by atoms with E-state index in [1.807, 2.05) is 13.0 Å². The molecule has 0 aromatic heterocycles. The second-order valence-electron chi connectivity index (χ2n) is 5.02. The van der Waals surface area contributed by atoms with Crippen molar-refractivity contribution in [3.63, 3.8) is 0 Å². The molecule has 0 amide bonds. The third-order valence-corrected chi connectivity index (χ3v) is 3.68.